The zero-order valence-corrected chi connectivity index (χ0v) is 14.1. The lowest BCUT2D eigenvalue weighted by molar-refractivity contribution is -0.142. The van der Waals surface area contributed by atoms with E-state index in [4.69, 9.17) is 5.11 Å². The van der Waals surface area contributed by atoms with Crippen molar-refractivity contribution in [2.45, 2.75) is 37.1 Å². The van der Waals surface area contributed by atoms with E-state index in [2.05, 4.69) is 5.32 Å². The van der Waals surface area contributed by atoms with Crippen LogP contribution in [0, 0.1) is 0 Å². The van der Waals surface area contributed by atoms with Gasteiger partial charge >= 0.3 is 11.9 Å². The molecule has 24 heavy (non-hydrogen) atoms. The lowest BCUT2D eigenvalue weighted by atomic mass is 9.78. The van der Waals surface area contributed by atoms with Gasteiger partial charge in [-0.15, -0.1) is 11.8 Å². The third-order valence-corrected chi connectivity index (χ3v) is 5.35. The van der Waals surface area contributed by atoms with Gasteiger partial charge in [0, 0.05) is 5.75 Å². The number of hydrogen-bond donors (Lipinski definition) is 3. The van der Waals surface area contributed by atoms with Crippen LogP contribution in [0.4, 0.5) is 0 Å². The first-order valence-corrected chi connectivity index (χ1v) is 9.00. The highest BCUT2D eigenvalue weighted by Gasteiger charge is 2.43. The first-order chi connectivity index (χ1) is 11.5. The summed E-state index contributed by atoms with van der Waals surface area (Å²) in [5, 5.41) is 20.6. The number of carbonyl (C=O) groups is 3. The molecule has 130 valence electrons. The molecular weight excluding hydrogens is 330 g/mol. The summed E-state index contributed by atoms with van der Waals surface area (Å²) in [5.74, 6) is -2.61. The summed E-state index contributed by atoms with van der Waals surface area (Å²) in [6, 6.07) is 8.34. The second-order valence-electron chi connectivity index (χ2n) is 5.93. The van der Waals surface area contributed by atoms with E-state index in [1.807, 2.05) is 30.3 Å². The van der Waals surface area contributed by atoms with Gasteiger partial charge in [-0.05, 0) is 18.4 Å². The first-order valence-electron chi connectivity index (χ1n) is 7.84. The molecule has 0 aliphatic heterocycles. The minimum atomic E-state index is -1.15. The molecule has 1 unspecified atom stereocenters. The van der Waals surface area contributed by atoms with Gasteiger partial charge in [0.1, 0.15) is 6.04 Å². The van der Waals surface area contributed by atoms with E-state index in [1.54, 1.807) is 0 Å². The number of aliphatic carboxylic acids is 2. The summed E-state index contributed by atoms with van der Waals surface area (Å²) in [7, 11) is 0. The number of hydrogen-bond acceptors (Lipinski definition) is 4. The smallest absolute Gasteiger partial charge is 0.327 e. The van der Waals surface area contributed by atoms with E-state index >= 15 is 0 Å². The van der Waals surface area contributed by atoms with Crippen molar-refractivity contribution >= 4 is 29.6 Å². The van der Waals surface area contributed by atoms with E-state index in [0.717, 1.165) is 30.2 Å². The fraction of sp³-hybridized carbons (Fsp3) is 0.471. The van der Waals surface area contributed by atoms with Crippen LogP contribution in [0.1, 0.15) is 31.2 Å². The van der Waals surface area contributed by atoms with Crippen LogP contribution >= 0.6 is 11.8 Å². The molecule has 1 aromatic carbocycles. The molecule has 7 heteroatoms. The number of carboxylic acids is 2. The minimum Gasteiger partial charge on any atom is -0.481 e. The van der Waals surface area contributed by atoms with Crippen molar-refractivity contribution in [3.8, 4) is 0 Å². The van der Waals surface area contributed by atoms with Crippen molar-refractivity contribution in [3.63, 3.8) is 0 Å². The number of thioether (sulfide) groups is 1. The average Bonchev–Trinajstić information content (AvgIpc) is 3.05. The number of carboxylic acid groups (broad SMARTS) is 2. The van der Waals surface area contributed by atoms with Gasteiger partial charge in [0.2, 0.25) is 5.91 Å². The summed E-state index contributed by atoms with van der Waals surface area (Å²) in [6.45, 7) is 0. The van der Waals surface area contributed by atoms with Crippen LogP contribution in [0.2, 0.25) is 0 Å². The van der Waals surface area contributed by atoms with Gasteiger partial charge in [-0.25, -0.2) is 4.79 Å². The van der Waals surface area contributed by atoms with Gasteiger partial charge in [-0.3, -0.25) is 9.59 Å². The summed E-state index contributed by atoms with van der Waals surface area (Å²) in [4.78, 5) is 34.8. The van der Waals surface area contributed by atoms with Crippen molar-refractivity contribution in [3.05, 3.63) is 35.9 Å². The molecule has 1 aliphatic rings. The molecule has 0 bridgehead atoms. The molecular formula is C17H21NO5S. The molecule has 2 rings (SSSR count). The Hall–Kier alpha value is -2.02. The monoisotopic (exact) mass is 351 g/mol. The molecule has 1 aromatic rings. The number of rotatable bonds is 8. The second kappa shape index (κ2) is 8.19. The Kier molecular flexibility index (Phi) is 6.25. The fourth-order valence-corrected chi connectivity index (χ4v) is 3.87. The lowest BCUT2D eigenvalue weighted by Gasteiger charge is -2.30. The fourth-order valence-electron chi connectivity index (χ4n) is 3.12. The normalized spacial score (nSPS) is 17.2. The topological polar surface area (TPSA) is 104 Å². The van der Waals surface area contributed by atoms with E-state index < -0.39 is 23.4 Å². The predicted octanol–water partition coefficient (Wildman–Crippen LogP) is 1.89. The SMILES string of the molecule is O=C(O)CSCC(NC(=O)C1(c2ccccc2)CCCC1)C(=O)O. The number of amides is 1. The molecule has 1 atom stereocenters. The average molecular weight is 351 g/mol. The Morgan fingerprint density at radius 1 is 1.12 bits per heavy atom. The van der Waals surface area contributed by atoms with Crippen LogP contribution in [0.25, 0.3) is 0 Å². The third-order valence-electron chi connectivity index (χ3n) is 4.33. The molecule has 0 heterocycles. The number of nitrogens with one attached hydrogen (secondary N) is 1. The van der Waals surface area contributed by atoms with Gasteiger partial charge in [0.05, 0.1) is 11.2 Å². The highest BCUT2D eigenvalue weighted by atomic mass is 32.2. The number of carbonyl (C=O) groups excluding carboxylic acids is 1. The van der Waals surface area contributed by atoms with Crippen LogP contribution in [0.3, 0.4) is 0 Å². The highest BCUT2D eigenvalue weighted by Crippen LogP contribution is 2.41. The van der Waals surface area contributed by atoms with Crippen LogP contribution in [0.5, 0.6) is 0 Å². The van der Waals surface area contributed by atoms with Gasteiger partial charge in [0.15, 0.2) is 0 Å². The third kappa shape index (κ3) is 4.29. The molecule has 6 nitrogen and oxygen atoms in total. The van der Waals surface area contributed by atoms with Crippen LogP contribution < -0.4 is 5.32 Å². The Morgan fingerprint density at radius 2 is 1.75 bits per heavy atom. The van der Waals surface area contributed by atoms with E-state index in [0.29, 0.717) is 12.8 Å². The molecule has 1 aliphatic carbocycles. The predicted molar refractivity (Wildman–Crippen MR) is 91.1 cm³/mol. The molecule has 1 fully saturated rings. The molecule has 0 aromatic heterocycles. The van der Waals surface area contributed by atoms with E-state index in [-0.39, 0.29) is 17.4 Å². The van der Waals surface area contributed by atoms with E-state index in [1.165, 1.54) is 0 Å². The molecule has 0 radical (unpaired) electrons. The lowest BCUT2D eigenvalue weighted by Crippen LogP contribution is -2.50. The van der Waals surface area contributed by atoms with Crippen LogP contribution in [0.15, 0.2) is 30.3 Å². The quantitative estimate of drug-likeness (QED) is 0.661. The van der Waals surface area contributed by atoms with Crippen LogP contribution in [-0.4, -0.2) is 45.6 Å². The van der Waals surface area contributed by atoms with Crippen molar-refractivity contribution in [2.75, 3.05) is 11.5 Å². The maximum Gasteiger partial charge on any atom is 0.327 e. The van der Waals surface area contributed by atoms with Crippen molar-refractivity contribution in [1.82, 2.24) is 5.32 Å². The molecule has 0 spiro atoms. The van der Waals surface area contributed by atoms with Gasteiger partial charge < -0.3 is 15.5 Å². The Morgan fingerprint density at radius 3 is 2.29 bits per heavy atom. The van der Waals surface area contributed by atoms with E-state index in [9.17, 15) is 19.5 Å². The largest absolute Gasteiger partial charge is 0.481 e. The molecule has 0 saturated heterocycles. The summed E-state index contributed by atoms with van der Waals surface area (Å²) in [5.41, 5.74) is 0.217. The van der Waals surface area contributed by atoms with Gasteiger partial charge in [-0.2, -0.15) is 0 Å². The summed E-state index contributed by atoms with van der Waals surface area (Å²) < 4.78 is 0. The molecule has 3 N–H and O–H groups in total. The Bertz CT molecular complexity index is 598. The summed E-state index contributed by atoms with van der Waals surface area (Å²) >= 11 is 0.982. The Labute approximate surface area is 144 Å². The maximum atomic E-state index is 12.9. The van der Waals surface area contributed by atoms with Crippen LogP contribution in [-0.2, 0) is 19.8 Å². The highest BCUT2D eigenvalue weighted by molar-refractivity contribution is 8.00. The standard InChI is InChI=1S/C17H21NO5S/c19-14(20)11-24-10-13(15(21)22)18-16(23)17(8-4-5-9-17)12-6-2-1-3-7-12/h1-3,6-7,13H,4-5,8-11H2,(H,18,23)(H,19,20)(H,21,22). The second-order valence-corrected chi connectivity index (χ2v) is 6.96. The molecule has 1 amide bonds. The molecule has 1 saturated carbocycles. The van der Waals surface area contributed by atoms with Gasteiger partial charge in [0.25, 0.3) is 0 Å². The zero-order chi connectivity index (χ0) is 17.6. The summed E-state index contributed by atoms with van der Waals surface area (Å²) in [6.07, 6.45) is 3.23. The van der Waals surface area contributed by atoms with Crippen molar-refractivity contribution in [1.29, 1.82) is 0 Å². The maximum absolute atomic E-state index is 12.9. The number of benzene rings is 1. The zero-order valence-electron chi connectivity index (χ0n) is 13.2. The van der Waals surface area contributed by atoms with Crippen molar-refractivity contribution in [2.24, 2.45) is 0 Å². The van der Waals surface area contributed by atoms with Gasteiger partial charge in [-0.1, -0.05) is 43.2 Å². The Balaban J connectivity index is 2.11. The first kappa shape index (κ1) is 18.3. The van der Waals surface area contributed by atoms with Crippen molar-refractivity contribution < 1.29 is 24.6 Å². The minimum absolute atomic E-state index is 0.0260.